The maximum atomic E-state index is 12.1. The van der Waals surface area contributed by atoms with Gasteiger partial charge in [-0.15, -0.1) is 6.58 Å². The van der Waals surface area contributed by atoms with E-state index in [0.29, 0.717) is 6.42 Å². The fraction of sp³-hybridized carbons (Fsp3) is 0.450. The quantitative estimate of drug-likeness (QED) is 0.396. The maximum Gasteiger partial charge on any atom is 0.336 e. The molecule has 1 aliphatic heterocycles. The highest BCUT2D eigenvalue weighted by atomic mass is 16.5. The monoisotopic (exact) mass is 376 g/mol. The van der Waals surface area contributed by atoms with Crippen molar-refractivity contribution in [3.05, 3.63) is 49.1 Å². The summed E-state index contributed by atoms with van der Waals surface area (Å²) in [6.07, 6.45) is 1.83. The van der Waals surface area contributed by atoms with E-state index in [9.17, 15) is 19.5 Å². The Bertz CT molecular complexity index is 720. The highest BCUT2D eigenvalue weighted by molar-refractivity contribution is 5.90. The largest absolute Gasteiger partial charge is 0.478 e. The van der Waals surface area contributed by atoms with Crippen molar-refractivity contribution in [3.8, 4) is 0 Å². The summed E-state index contributed by atoms with van der Waals surface area (Å²) in [6, 6.07) is 0. The van der Waals surface area contributed by atoms with Crippen LogP contribution >= 0.6 is 0 Å². The molecule has 0 aromatic carbocycles. The summed E-state index contributed by atoms with van der Waals surface area (Å²) in [5.41, 5.74) is -0.556. The molecule has 0 spiro atoms. The average molecular weight is 376 g/mol. The number of aliphatic carboxylic acids is 1. The molecule has 0 aromatic heterocycles. The van der Waals surface area contributed by atoms with Gasteiger partial charge in [0.2, 0.25) is 0 Å². The first-order valence-electron chi connectivity index (χ1n) is 8.55. The summed E-state index contributed by atoms with van der Waals surface area (Å²) in [7, 11) is 0. The maximum absolute atomic E-state index is 12.1. The molecule has 0 bridgehead atoms. The fourth-order valence-electron chi connectivity index (χ4n) is 3.96. The van der Waals surface area contributed by atoms with Gasteiger partial charge in [-0.05, 0) is 19.3 Å². The lowest BCUT2D eigenvalue weighted by Gasteiger charge is -2.51. The van der Waals surface area contributed by atoms with Crippen LogP contribution in [0.25, 0.3) is 0 Å². The van der Waals surface area contributed by atoms with Gasteiger partial charge in [-0.25, -0.2) is 14.4 Å². The molecule has 7 heteroatoms. The van der Waals surface area contributed by atoms with E-state index >= 15 is 0 Å². The zero-order chi connectivity index (χ0) is 20.4. The smallest absolute Gasteiger partial charge is 0.336 e. The molecule has 27 heavy (non-hydrogen) atoms. The Morgan fingerprint density at radius 3 is 2.59 bits per heavy atom. The number of hydrogen-bond acceptors (Lipinski definition) is 6. The number of carbonyl (C=O) groups excluding carboxylic acids is 2. The molecule has 0 amide bonds. The second kappa shape index (κ2) is 7.92. The molecule has 4 atom stereocenters. The standard InChI is InChI=1S/C20H24O7/c1-5-6-20-8-16(27-18(24)11(2)9-21)14(12(3)17(22)23)7-15(20)13(4)19(25)26-10-20/h5,14-16,21H,1-4,6-10H2,(H,22,23)/t14-,15+,16+,20-/m1/s1. The van der Waals surface area contributed by atoms with Crippen LogP contribution in [0.1, 0.15) is 19.3 Å². The van der Waals surface area contributed by atoms with Crippen LogP contribution in [0, 0.1) is 17.3 Å². The van der Waals surface area contributed by atoms with Gasteiger partial charge in [0, 0.05) is 28.4 Å². The first-order chi connectivity index (χ1) is 12.7. The van der Waals surface area contributed by atoms with Gasteiger partial charge in [-0.3, -0.25) is 0 Å². The Labute approximate surface area is 157 Å². The van der Waals surface area contributed by atoms with E-state index in [1.165, 1.54) is 0 Å². The lowest BCUT2D eigenvalue weighted by Crippen LogP contribution is -2.52. The Hall–Kier alpha value is -2.67. The molecular weight excluding hydrogens is 352 g/mol. The van der Waals surface area contributed by atoms with Crippen LogP contribution in [-0.4, -0.2) is 47.4 Å². The molecule has 2 aliphatic rings. The van der Waals surface area contributed by atoms with Crippen molar-refractivity contribution in [3.63, 3.8) is 0 Å². The summed E-state index contributed by atoms with van der Waals surface area (Å²) in [4.78, 5) is 35.6. The van der Waals surface area contributed by atoms with Gasteiger partial charge in [-0.2, -0.15) is 0 Å². The van der Waals surface area contributed by atoms with Crippen LogP contribution in [0.15, 0.2) is 49.1 Å². The highest BCUT2D eigenvalue weighted by Gasteiger charge is 2.54. The normalized spacial score (nSPS) is 29.9. The molecular formula is C20H24O7. The van der Waals surface area contributed by atoms with Gasteiger partial charge in [0.25, 0.3) is 0 Å². The summed E-state index contributed by atoms with van der Waals surface area (Å²) >= 11 is 0. The Kier molecular flexibility index (Phi) is 6.05. The zero-order valence-electron chi connectivity index (χ0n) is 15.1. The van der Waals surface area contributed by atoms with E-state index in [1.807, 2.05) is 0 Å². The van der Waals surface area contributed by atoms with Crippen LogP contribution in [-0.2, 0) is 23.9 Å². The van der Waals surface area contributed by atoms with Crippen LogP contribution in [0.4, 0.5) is 0 Å². The Morgan fingerprint density at radius 1 is 1.37 bits per heavy atom. The Morgan fingerprint density at radius 2 is 2.04 bits per heavy atom. The second-order valence-electron chi connectivity index (χ2n) is 7.09. The van der Waals surface area contributed by atoms with Crippen molar-refractivity contribution in [2.24, 2.45) is 17.3 Å². The van der Waals surface area contributed by atoms with Crippen molar-refractivity contribution in [2.45, 2.75) is 25.4 Å². The van der Waals surface area contributed by atoms with Crippen LogP contribution in [0.5, 0.6) is 0 Å². The molecule has 2 fully saturated rings. The molecule has 1 saturated carbocycles. The van der Waals surface area contributed by atoms with Gasteiger partial charge < -0.3 is 19.7 Å². The number of ether oxygens (including phenoxy) is 2. The molecule has 1 heterocycles. The topological polar surface area (TPSA) is 110 Å². The van der Waals surface area contributed by atoms with E-state index in [2.05, 4.69) is 26.3 Å². The molecule has 0 aromatic rings. The van der Waals surface area contributed by atoms with Crippen molar-refractivity contribution in [2.75, 3.05) is 13.2 Å². The number of hydrogen-bond donors (Lipinski definition) is 2. The number of carboxylic acid groups (broad SMARTS) is 1. The molecule has 2 N–H and O–H groups in total. The number of allylic oxidation sites excluding steroid dienone is 1. The van der Waals surface area contributed by atoms with Gasteiger partial charge in [0.1, 0.15) is 6.10 Å². The van der Waals surface area contributed by atoms with Gasteiger partial charge >= 0.3 is 17.9 Å². The SMILES string of the molecule is C=CC[C@@]12COC(=O)C(=C)[C@@H]1C[C@H](C(=C)C(=O)O)[C@@H](OC(=O)C(=C)CO)C2. The lowest BCUT2D eigenvalue weighted by molar-refractivity contribution is -0.168. The number of carboxylic acids is 1. The molecule has 1 saturated heterocycles. The van der Waals surface area contributed by atoms with E-state index < -0.39 is 42.0 Å². The molecule has 1 aliphatic carbocycles. The van der Waals surface area contributed by atoms with Crippen LogP contribution in [0.3, 0.4) is 0 Å². The minimum atomic E-state index is -1.21. The molecule has 0 unspecified atom stereocenters. The predicted molar refractivity (Wildman–Crippen MR) is 96.4 cm³/mol. The van der Waals surface area contributed by atoms with Crippen LogP contribution in [0.2, 0.25) is 0 Å². The highest BCUT2D eigenvalue weighted by Crippen LogP contribution is 2.53. The number of cyclic esters (lactones) is 1. The average Bonchev–Trinajstić information content (AvgIpc) is 2.63. The lowest BCUT2D eigenvalue weighted by atomic mass is 9.57. The van der Waals surface area contributed by atoms with Crippen molar-refractivity contribution < 1.29 is 34.1 Å². The molecule has 7 nitrogen and oxygen atoms in total. The summed E-state index contributed by atoms with van der Waals surface area (Å²) in [5, 5.41) is 18.5. The predicted octanol–water partition coefficient (Wildman–Crippen LogP) is 1.79. The van der Waals surface area contributed by atoms with Crippen LogP contribution < -0.4 is 0 Å². The van der Waals surface area contributed by atoms with E-state index in [1.54, 1.807) is 6.08 Å². The second-order valence-corrected chi connectivity index (χ2v) is 7.09. The number of carbonyl (C=O) groups is 3. The molecule has 2 rings (SSSR count). The third kappa shape index (κ3) is 3.88. The molecule has 146 valence electrons. The summed E-state index contributed by atoms with van der Waals surface area (Å²) in [6.45, 7) is 14.2. The molecule has 0 radical (unpaired) electrons. The summed E-state index contributed by atoms with van der Waals surface area (Å²) < 4.78 is 10.7. The summed E-state index contributed by atoms with van der Waals surface area (Å²) in [5.74, 6) is -3.56. The van der Waals surface area contributed by atoms with E-state index in [0.717, 1.165) is 0 Å². The van der Waals surface area contributed by atoms with Gasteiger partial charge in [0.15, 0.2) is 0 Å². The third-order valence-electron chi connectivity index (χ3n) is 5.47. The number of aliphatic hydroxyl groups excluding tert-OH is 1. The van der Waals surface area contributed by atoms with E-state index in [4.69, 9.17) is 14.6 Å². The van der Waals surface area contributed by atoms with Gasteiger partial charge in [0.05, 0.1) is 18.8 Å². The fourth-order valence-corrected chi connectivity index (χ4v) is 3.96. The first kappa shape index (κ1) is 20.6. The van der Waals surface area contributed by atoms with Gasteiger partial charge in [-0.1, -0.05) is 25.8 Å². The number of fused-ring (bicyclic) bond motifs is 1. The van der Waals surface area contributed by atoms with Crippen molar-refractivity contribution >= 4 is 17.9 Å². The number of rotatable bonds is 7. The number of esters is 2. The van der Waals surface area contributed by atoms with Crippen molar-refractivity contribution in [1.82, 2.24) is 0 Å². The Balaban J connectivity index is 2.41. The number of aliphatic hydroxyl groups is 1. The first-order valence-corrected chi connectivity index (χ1v) is 8.55. The minimum absolute atomic E-state index is 0.100. The zero-order valence-corrected chi connectivity index (χ0v) is 15.1. The van der Waals surface area contributed by atoms with Crippen molar-refractivity contribution in [1.29, 1.82) is 0 Å². The minimum Gasteiger partial charge on any atom is -0.478 e. The van der Waals surface area contributed by atoms with E-state index in [-0.39, 0.29) is 42.1 Å². The third-order valence-corrected chi connectivity index (χ3v) is 5.47.